The van der Waals surface area contributed by atoms with Crippen LogP contribution in [-0.2, 0) is 0 Å². The fraction of sp³-hybridized carbons (Fsp3) is 1.00. The zero-order chi connectivity index (χ0) is 9.84. The summed E-state index contributed by atoms with van der Waals surface area (Å²) in [5, 5.41) is 0. The normalized spacial score (nSPS) is 27.9. The Morgan fingerprint density at radius 2 is 1.92 bits per heavy atom. The maximum Gasteiger partial charge on any atom is 0.0123 e. The van der Waals surface area contributed by atoms with Gasteiger partial charge in [-0.15, -0.1) is 0 Å². The summed E-state index contributed by atoms with van der Waals surface area (Å²) in [4.78, 5) is 2.67. The predicted octanol–water partition coefficient (Wildman–Crippen LogP) is 3.15. The highest BCUT2D eigenvalue weighted by molar-refractivity contribution is 4.81. The third kappa shape index (κ3) is 2.70. The molecule has 1 heteroatoms. The molecule has 1 fully saturated rings. The van der Waals surface area contributed by atoms with Crippen molar-refractivity contribution in [1.82, 2.24) is 4.90 Å². The van der Waals surface area contributed by atoms with E-state index in [1.165, 1.54) is 32.4 Å². The standard InChI is InChI=1S/C12H25N/c1-5-13-9-7-6-8-12(13)11(4)10(2)3/h10-12H,5-9H2,1-4H3. The van der Waals surface area contributed by atoms with Crippen LogP contribution in [0.15, 0.2) is 0 Å². The van der Waals surface area contributed by atoms with Crippen LogP contribution in [0.5, 0.6) is 0 Å². The molecule has 1 rings (SSSR count). The first kappa shape index (κ1) is 11.0. The molecule has 0 radical (unpaired) electrons. The molecule has 2 atom stereocenters. The van der Waals surface area contributed by atoms with Gasteiger partial charge in [0.05, 0.1) is 0 Å². The van der Waals surface area contributed by atoms with Gasteiger partial charge in [-0.3, -0.25) is 0 Å². The highest BCUT2D eigenvalue weighted by Crippen LogP contribution is 2.27. The van der Waals surface area contributed by atoms with Crippen molar-refractivity contribution < 1.29 is 0 Å². The Morgan fingerprint density at radius 3 is 2.46 bits per heavy atom. The van der Waals surface area contributed by atoms with Gasteiger partial charge in [0.2, 0.25) is 0 Å². The maximum absolute atomic E-state index is 2.67. The van der Waals surface area contributed by atoms with Crippen LogP contribution in [0.25, 0.3) is 0 Å². The molecule has 0 aromatic heterocycles. The lowest BCUT2D eigenvalue weighted by Gasteiger charge is -2.40. The molecule has 1 heterocycles. The Bertz CT molecular complexity index is 140. The molecular weight excluding hydrogens is 158 g/mol. The van der Waals surface area contributed by atoms with Crippen molar-refractivity contribution in [3.63, 3.8) is 0 Å². The number of piperidine rings is 1. The van der Waals surface area contributed by atoms with Gasteiger partial charge in [0.15, 0.2) is 0 Å². The minimum Gasteiger partial charge on any atom is -0.300 e. The molecule has 0 amide bonds. The van der Waals surface area contributed by atoms with Crippen LogP contribution < -0.4 is 0 Å². The van der Waals surface area contributed by atoms with Crippen molar-refractivity contribution in [3.05, 3.63) is 0 Å². The van der Waals surface area contributed by atoms with Gasteiger partial charge in [-0.25, -0.2) is 0 Å². The third-order valence-corrected chi connectivity index (χ3v) is 3.73. The summed E-state index contributed by atoms with van der Waals surface area (Å²) >= 11 is 0. The SMILES string of the molecule is CCN1CCCCC1C(C)C(C)C. The van der Waals surface area contributed by atoms with E-state index in [-0.39, 0.29) is 0 Å². The molecule has 1 nitrogen and oxygen atoms in total. The van der Waals surface area contributed by atoms with E-state index in [2.05, 4.69) is 32.6 Å². The zero-order valence-corrected chi connectivity index (χ0v) is 9.71. The molecule has 0 spiro atoms. The molecule has 0 aromatic rings. The molecule has 1 aliphatic heterocycles. The van der Waals surface area contributed by atoms with Gasteiger partial charge < -0.3 is 4.90 Å². The lowest BCUT2D eigenvalue weighted by molar-refractivity contribution is 0.0923. The molecule has 0 saturated carbocycles. The number of hydrogen-bond donors (Lipinski definition) is 0. The van der Waals surface area contributed by atoms with Crippen LogP contribution in [0.1, 0.15) is 47.0 Å². The summed E-state index contributed by atoms with van der Waals surface area (Å²) in [5.41, 5.74) is 0. The van der Waals surface area contributed by atoms with E-state index < -0.39 is 0 Å². The Morgan fingerprint density at radius 1 is 1.23 bits per heavy atom. The second-order valence-corrected chi connectivity index (χ2v) is 4.79. The molecule has 0 bridgehead atoms. The Labute approximate surface area is 83.5 Å². The molecular formula is C12H25N. The van der Waals surface area contributed by atoms with Crippen LogP contribution in [0, 0.1) is 11.8 Å². The van der Waals surface area contributed by atoms with Crippen molar-refractivity contribution in [1.29, 1.82) is 0 Å². The highest BCUT2D eigenvalue weighted by Gasteiger charge is 2.27. The van der Waals surface area contributed by atoms with Gasteiger partial charge in [-0.2, -0.15) is 0 Å². The van der Waals surface area contributed by atoms with Crippen LogP contribution in [0.2, 0.25) is 0 Å². The average Bonchev–Trinajstić information content (AvgIpc) is 2.16. The molecule has 1 aliphatic rings. The van der Waals surface area contributed by atoms with Crippen LogP contribution >= 0.6 is 0 Å². The Kier molecular flexibility index (Phi) is 4.24. The van der Waals surface area contributed by atoms with Gasteiger partial charge in [0.1, 0.15) is 0 Å². The summed E-state index contributed by atoms with van der Waals surface area (Å²) in [6, 6.07) is 0.860. The van der Waals surface area contributed by atoms with Gasteiger partial charge in [0, 0.05) is 6.04 Å². The molecule has 0 aromatic carbocycles. The summed E-state index contributed by atoms with van der Waals surface area (Å²) in [7, 11) is 0. The first-order valence-corrected chi connectivity index (χ1v) is 5.90. The van der Waals surface area contributed by atoms with E-state index in [0.29, 0.717) is 0 Å². The molecule has 1 saturated heterocycles. The number of hydrogen-bond acceptors (Lipinski definition) is 1. The first-order valence-electron chi connectivity index (χ1n) is 5.90. The number of likely N-dealkylation sites (tertiary alicyclic amines) is 1. The summed E-state index contributed by atoms with van der Waals surface area (Å²) in [6.07, 6.45) is 4.28. The lowest BCUT2D eigenvalue weighted by Crippen LogP contribution is -2.44. The van der Waals surface area contributed by atoms with E-state index >= 15 is 0 Å². The first-order chi connectivity index (χ1) is 6.16. The Hall–Kier alpha value is -0.0400. The molecule has 2 unspecified atom stereocenters. The van der Waals surface area contributed by atoms with Crippen molar-refractivity contribution >= 4 is 0 Å². The third-order valence-electron chi connectivity index (χ3n) is 3.73. The van der Waals surface area contributed by atoms with Crippen molar-refractivity contribution in [2.45, 2.75) is 53.0 Å². The van der Waals surface area contributed by atoms with Gasteiger partial charge >= 0.3 is 0 Å². The minimum atomic E-state index is 0.831. The molecule has 78 valence electrons. The predicted molar refractivity (Wildman–Crippen MR) is 58.9 cm³/mol. The second-order valence-electron chi connectivity index (χ2n) is 4.79. The lowest BCUT2D eigenvalue weighted by atomic mass is 9.84. The van der Waals surface area contributed by atoms with Crippen molar-refractivity contribution in [3.8, 4) is 0 Å². The van der Waals surface area contributed by atoms with E-state index in [4.69, 9.17) is 0 Å². The van der Waals surface area contributed by atoms with Crippen molar-refractivity contribution in [2.24, 2.45) is 11.8 Å². The smallest absolute Gasteiger partial charge is 0.0123 e. The Balaban J connectivity index is 2.53. The van der Waals surface area contributed by atoms with Crippen LogP contribution in [0.3, 0.4) is 0 Å². The summed E-state index contributed by atoms with van der Waals surface area (Å²) in [6.45, 7) is 12.0. The van der Waals surface area contributed by atoms with E-state index in [9.17, 15) is 0 Å². The largest absolute Gasteiger partial charge is 0.300 e. The van der Waals surface area contributed by atoms with E-state index in [1.54, 1.807) is 0 Å². The van der Waals surface area contributed by atoms with Crippen LogP contribution in [0.4, 0.5) is 0 Å². The highest BCUT2D eigenvalue weighted by atomic mass is 15.2. The topological polar surface area (TPSA) is 3.24 Å². The van der Waals surface area contributed by atoms with Gasteiger partial charge in [-0.1, -0.05) is 34.1 Å². The summed E-state index contributed by atoms with van der Waals surface area (Å²) < 4.78 is 0. The van der Waals surface area contributed by atoms with Crippen LogP contribution in [-0.4, -0.2) is 24.0 Å². The van der Waals surface area contributed by atoms with E-state index in [1.807, 2.05) is 0 Å². The molecule has 0 aliphatic carbocycles. The summed E-state index contributed by atoms with van der Waals surface area (Å²) in [5.74, 6) is 1.69. The zero-order valence-electron chi connectivity index (χ0n) is 9.71. The number of nitrogens with zero attached hydrogens (tertiary/aromatic N) is 1. The van der Waals surface area contributed by atoms with Crippen molar-refractivity contribution in [2.75, 3.05) is 13.1 Å². The number of rotatable bonds is 3. The molecule has 13 heavy (non-hydrogen) atoms. The maximum atomic E-state index is 2.67. The fourth-order valence-corrected chi connectivity index (χ4v) is 2.45. The van der Waals surface area contributed by atoms with E-state index in [0.717, 1.165) is 17.9 Å². The van der Waals surface area contributed by atoms with Gasteiger partial charge in [0.25, 0.3) is 0 Å². The second kappa shape index (κ2) is 4.99. The van der Waals surface area contributed by atoms with Gasteiger partial charge in [-0.05, 0) is 37.8 Å². The quantitative estimate of drug-likeness (QED) is 0.649. The fourth-order valence-electron chi connectivity index (χ4n) is 2.45. The average molecular weight is 183 g/mol. The molecule has 0 N–H and O–H groups in total. The monoisotopic (exact) mass is 183 g/mol. The minimum absolute atomic E-state index is 0.831.